The first-order valence-electron chi connectivity index (χ1n) is 9.23. The van der Waals surface area contributed by atoms with Crippen LogP contribution < -0.4 is 16.0 Å². The third-order valence-corrected chi connectivity index (χ3v) is 6.34. The Morgan fingerprint density at radius 2 is 1.93 bits per heavy atom. The minimum Gasteiger partial charge on any atom is -0.442 e. The summed E-state index contributed by atoms with van der Waals surface area (Å²) in [6.07, 6.45) is 0.143. The van der Waals surface area contributed by atoms with Gasteiger partial charge in [-0.1, -0.05) is 18.2 Å². The van der Waals surface area contributed by atoms with Crippen LogP contribution >= 0.6 is 11.3 Å². The lowest BCUT2D eigenvalue weighted by Crippen LogP contribution is -2.56. The second-order valence-corrected chi connectivity index (χ2v) is 8.15. The number of carbonyl (C=O) groups excluding carboxylic acids is 4. The SMILES string of the molecule is CNC(=O)Nc1sc2ccccc2c1C(=O)N1CCC2(CC1)CC(=O)NC(=O)O2. The molecule has 1 aromatic heterocycles. The van der Waals surface area contributed by atoms with Gasteiger partial charge in [0.25, 0.3) is 5.91 Å². The summed E-state index contributed by atoms with van der Waals surface area (Å²) in [6, 6.07) is 7.08. The Bertz CT molecular complexity index is 991. The molecule has 152 valence electrons. The van der Waals surface area contributed by atoms with Gasteiger partial charge in [0.05, 0.1) is 12.0 Å². The molecule has 3 heterocycles. The fraction of sp³-hybridized carbons (Fsp3) is 0.368. The first-order valence-corrected chi connectivity index (χ1v) is 10.0. The van der Waals surface area contributed by atoms with E-state index >= 15 is 0 Å². The van der Waals surface area contributed by atoms with Crippen LogP contribution in [0.5, 0.6) is 0 Å². The molecule has 0 unspecified atom stereocenters. The number of carbonyl (C=O) groups is 4. The number of rotatable bonds is 2. The van der Waals surface area contributed by atoms with E-state index < -0.39 is 17.7 Å². The molecule has 2 aliphatic heterocycles. The molecule has 0 radical (unpaired) electrons. The van der Waals surface area contributed by atoms with E-state index in [0.29, 0.717) is 36.5 Å². The van der Waals surface area contributed by atoms with Crippen molar-refractivity contribution in [3.05, 3.63) is 29.8 Å². The van der Waals surface area contributed by atoms with Crippen molar-refractivity contribution in [1.29, 1.82) is 0 Å². The van der Waals surface area contributed by atoms with E-state index in [-0.39, 0.29) is 18.2 Å². The normalized spacial score (nSPS) is 18.3. The number of anilines is 1. The third-order valence-electron chi connectivity index (χ3n) is 5.26. The van der Waals surface area contributed by atoms with Crippen LogP contribution in [0.1, 0.15) is 29.6 Å². The van der Waals surface area contributed by atoms with Gasteiger partial charge in [-0.25, -0.2) is 9.59 Å². The highest BCUT2D eigenvalue weighted by Crippen LogP contribution is 2.38. The number of nitrogens with zero attached hydrogens (tertiary/aromatic N) is 1. The fourth-order valence-corrected chi connectivity index (χ4v) is 4.86. The number of ether oxygens (including phenoxy) is 1. The van der Waals surface area contributed by atoms with Crippen LogP contribution in [-0.4, -0.2) is 54.6 Å². The van der Waals surface area contributed by atoms with Crippen molar-refractivity contribution in [2.45, 2.75) is 24.9 Å². The van der Waals surface area contributed by atoms with Gasteiger partial charge in [0, 0.05) is 43.1 Å². The standard InChI is InChI=1S/C19H20N4O5S/c1-20-17(26)22-15-14(11-4-2-3-5-12(11)29-15)16(25)23-8-6-19(7-9-23)10-13(24)21-18(27)28-19/h2-5H,6-10H2,1H3,(H2,20,22,26)(H,21,24,27). The Kier molecular flexibility index (Phi) is 4.87. The average molecular weight is 416 g/mol. The molecule has 2 saturated heterocycles. The largest absolute Gasteiger partial charge is 0.442 e. The molecule has 3 N–H and O–H groups in total. The fourth-order valence-electron chi connectivity index (χ4n) is 3.77. The molecule has 0 atom stereocenters. The monoisotopic (exact) mass is 416 g/mol. The molecular formula is C19H20N4O5S. The molecule has 10 heteroatoms. The van der Waals surface area contributed by atoms with Gasteiger partial charge in [-0.2, -0.15) is 0 Å². The molecule has 2 aromatic rings. The molecule has 5 amide bonds. The number of nitrogens with one attached hydrogen (secondary N) is 3. The zero-order valence-corrected chi connectivity index (χ0v) is 16.6. The van der Waals surface area contributed by atoms with Gasteiger partial charge >= 0.3 is 12.1 Å². The molecular weight excluding hydrogens is 396 g/mol. The predicted molar refractivity (Wildman–Crippen MR) is 107 cm³/mol. The van der Waals surface area contributed by atoms with Gasteiger partial charge < -0.3 is 15.0 Å². The first kappa shape index (κ1) is 19.2. The molecule has 9 nitrogen and oxygen atoms in total. The van der Waals surface area contributed by atoms with E-state index in [1.165, 1.54) is 18.4 Å². The summed E-state index contributed by atoms with van der Waals surface area (Å²) in [7, 11) is 1.51. The highest BCUT2D eigenvalue weighted by atomic mass is 32.1. The smallest absolute Gasteiger partial charge is 0.414 e. The lowest BCUT2D eigenvalue weighted by atomic mass is 9.86. The van der Waals surface area contributed by atoms with Gasteiger partial charge in [-0.15, -0.1) is 11.3 Å². The second kappa shape index (κ2) is 7.36. The molecule has 0 saturated carbocycles. The predicted octanol–water partition coefficient (Wildman–Crippen LogP) is 2.28. The van der Waals surface area contributed by atoms with Crippen molar-refractivity contribution in [2.24, 2.45) is 0 Å². The maximum atomic E-state index is 13.3. The Balaban J connectivity index is 1.58. The van der Waals surface area contributed by atoms with Gasteiger partial charge in [0.15, 0.2) is 0 Å². The second-order valence-electron chi connectivity index (χ2n) is 7.10. The Morgan fingerprint density at radius 1 is 1.21 bits per heavy atom. The van der Waals surface area contributed by atoms with E-state index in [0.717, 1.165) is 10.1 Å². The average Bonchev–Trinajstić information content (AvgIpc) is 3.04. The number of piperidine rings is 1. The Morgan fingerprint density at radius 3 is 2.62 bits per heavy atom. The number of amides is 5. The molecule has 29 heavy (non-hydrogen) atoms. The van der Waals surface area contributed by atoms with Crippen LogP contribution in [0.2, 0.25) is 0 Å². The number of imide groups is 1. The molecule has 1 aromatic carbocycles. The summed E-state index contributed by atoms with van der Waals surface area (Å²) in [4.78, 5) is 50.2. The number of likely N-dealkylation sites (tertiary alicyclic amines) is 1. The molecule has 4 rings (SSSR count). The van der Waals surface area contributed by atoms with Gasteiger partial charge in [-0.05, 0) is 6.07 Å². The molecule has 0 aliphatic carbocycles. The minimum atomic E-state index is -0.851. The zero-order valence-electron chi connectivity index (χ0n) is 15.7. The van der Waals surface area contributed by atoms with E-state index in [9.17, 15) is 19.2 Å². The van der Waals surface area contributed by atoms with E-state index in [4.69, 9.17) is 4.74 Å². The summed E-state index contributed by atoms with van der Waals surface area (Å²) in [5, 5.41) is 8.63. The number of benzene rings is 1. The van der Waals surface area contributed by atoms with Crippen molar-refractivity contribution in [1.82, 2.24) is 15.5 Å². The Labute approximate surface area is 170 Å². The Hall–Kier alpha value is -3.14. The first-order chi connectivity index (χ1) is 13.9. The van der Waals surface area contributed by atoms with Crippen LogP contribution in [0, 0.1) is 0 Å². The van der Waals surface area contributed by atoms with Crippen LogP contribution in [0.15, 0.2) is 24.3 Å². The van der Waals surface area contributed by atoms with Crippen molar-refractivity contribution < 1.29 is 23.9 Å². The zero-order chi connectivity index (χ0) is 20.6. The van der Waals surface area contributed by atoms with Crippen molar-refractivity contribution >= 4 is 50.4 Å². The maximum absolute atomic E-state index is 13.3. The number of hydrogen-bond donors (Lipinski definition) is 3. The summed E-state index contributed by atoms with van der Waals surface area (Å²) < 4.78 is 6.29. The topological polar surface area (TPSA) is 117 Å². The minimum absolute atomic E-state index is 0.103. The van der Waals surface area contributed by atoms with Crippen LogP contribution in [0.25, 0.3) is 10.1 Å². The van der Waals surface area contributed by atoms with E-state index in [1.54, 1.807) is 4.90 Å². The van der Waals surface area contributed by atoms with E-state index in [1.807, 2.05) is 24.3 Å². The summed E-state index contributed by atoms with van der Waals surface area (Å²) >= 11 is 1.34. The number of urea groups is 1. The van der Waals surface area contributed by atoms with Crippen molar-refractivity contribution in [3.8, 4) is 0 Å². The molecule has 0 bridgehead atoms. The summed E-state index contributed by atoms with van der Waals surface area (Å²) in [6.45, 7) is 0.700. The number of thiophene rings is 1. The van der Waals surface area contributed by atoms with Crippen LogP contribution in [-0.2, 0) is 9.53 Å². The lowest BCUT2D eigenvalue weighted by Gasteiger charge is -2.42. The third kappa shape index (κ3) is 3.63. The van der Waals surface area contributed by atoms with Gasteiger partial charge in [0.1, 0.15) is 10.6 Å². The number of fused-ring (bicyclic) bond motifs is 1. The molecule has 1 spiro atoms. The summed E-state index contributed by atoms with van der Waals surface area (Å²) in [5.41, 5.74) is -0.403. The van der Waals surface area contributed by atoms with Gasteiger partial charge in [0.2, 0.25) is 5.91 Å². The maximum Gasteiger partial charge on any atom is 0.414 e. The van der Waals surface area contributed by atoms with Gasteiger partial charge in [-0.3, -0.25) is 20.2 Å². The van der Waals surface area contributed by atoms with Crippen LogP contribution in [0.4, 0.5) is 14.6 Å². The molecule has 2 aliphatic rings. The highest BCUT2D eigenvalue weighted by Gasteiger charge is 2.44. The van der Waals surface area contributed by atoms with Crippen LogP contribution in [0.3, 0.4) is 0 Å². The lowest BCUT2D eigenvalue weighted by molar-refractivity contribution is -0.133. The highest BCUT2D eigenvalue weighted by molar-refractivity contribution is 7.23. The van der Waals surface area contributed by atoms with Crippen molar-refractivity contribution in [2.75, 3.05) is 25.5 Å². The molecule has 2 fully saturated rings. The quantitative estimate of drug-likeness (QED) is 0.694. The summed E-state index contributed by atoms with van der Waals surface area (Å²) in [5.74, 6) is -0.558. The number of alkyl carbamates (subject to hydrolysis) is 1. The number of hydrogen-bond acceptors (Lipinski definition) is 6. The van der Waals surface area contributed by atoms with Crippen molar-refractivity contribution in [3.63, 3.8) is 0 Å². The van der Waals surface area contributed by atoms with E-state index in [2.05, 4.69) is 16.0 Å².